The van der Waals surface area contributed by atoms with Gasteiger partial charge < -0.3 is 29.0 Å². The molecule has 1 fully saturated rings. The number of carbonyl (C=O) groups excluding carboxylic acids is 1. The molecule has 172 valence electrons. The van der Waals surface area contributed by atoms with E-state index >= 15 is 0 Å². The molecule has 0 radical (unpaired) electrons. The lowest BCUT2D eigenvalue weighted by Crippen LogP contribution is -2.46. The van der Waals surface area contributed by atoms with Crippen molar-refractivity contribution >= 4 is 33.4 Å². The van der Waals surface area contributed by atoms with Crippen molar-refractivity contribution in [2.75, 3.05) is 35.0 Å². The molecule has 0 spiro atoms. The molecule has 0 saturated carbocycles. The quantitative estimate of drug-likeness (QED) is 0.590. The van der Waals surface area contributed by atoms with Crippen LogP contribution in [0.3, 0.4) is 0 Å². The van der Waals surface area contributed by atoms with Crippen LogP contribution in [0.25, 0.3) is 21.5 Å². The summed E-state index contributed by atoms with van der Waals surface area (Å²) in [5, 5.41) is 13.1. The van der Waals surface area contributed by atoms with Crippen molar-refractivity contribution in [3.63, 3.8) is 0 Å². The van der Waals surface area contributed by atoms with Crippen LogP contribution >= 0.6 is 0 Å². The van der Waals surface area contributed by atoms with Crippen LogP contribution < -0.4 is 18.9 Å². The first-order chi connectivity index (χ1) is 15.9. The Morgan fingerprint density at radius 1 is 0.848 bits per heavy atom. The smallest absolute Gasteiger partial charge is 0.313 e. The molecule has 1 amide bonds. The predicted octanol–water partition coefficient (Wildman–Crippen LogP) is 3.81. The summed E-state index contributed by atoms with van der Waals surface area (Å²) in [6.45, 7) is 0.547. The number of methoxy groups -OCH3 is 4. The van der Waals surface area contributed by atoms with Crippen molar-refractivity contribution in [1.82, 2.24) is 4.90 Å². The summed E-state index contributed by atoms with van der Waals surface area (Å²) in [5.74, 6) is 0.0112. The van der Waals surface area contributed by atoms with Gasteiger partial charge >= 0.3 is 5.97 Å². The van der Waals surface area contributed by atoms with Gasteiger partial charge in [0.25, 0.3) is 5.91 Å². The Bertz CT molecular complexity index is 1320. The van der Waals surface area contributed by atoms with E-state index < -0.39 is 11.9 Å². The minimum atomic E-state index is -0.948. The summed E-state index contributed by atoms with van der Waals surface area (Å²) in [7, 11) is 6.16. The molecule has 33 heavy (non-hydrogen) atoms. The van der Waals surface area contributed by atoms with Gasteiger partial charge in [0.05, 0.1) is 34.0 Å². The number of nitrogens with zero attached hydrogens (tertiary/aromatic N) is 1. The summed E-state index contributed by atoms with van der Waals surface area (Å²) < 4.78 is 22.1. The third-order valence-electron chi connectivity index (χ3n) is 6.90. The van der Waals surface area contributed by atoms with Crippen LogP contribution in [0.2, 0.25) is 0 Å². The van der Waals surface area contributed by atoms with Gasteiger partial charge in [-0.15, -0.1) is 0 Å². The molecular weight excluding hydrogens is 426 g/mol. The van der Waals surface area contributed by atoms with Crippen molar-refractivity contribution in [3.05, 3.63) is 35.4 Å². The molecule has 2 atom stereocenters. The zero-order chi connectivity index (χ0) is 23.4. The normalized spacial score (nSPS) is 19.4. The van der Waals surface area contributed by atoms with Gasteiger partial charge in [0.2, 0.25) is 0 Å². The SMILES string of the molecule is COc1cc2c3c(c4cc(OC)c(OC)cc4c2cc1OC)[C@H](C(=O)O)[C@H]1CCCN1C3=O. The Kier molecular flexibility index (Phi) is 4.96. The second-order valence-electron chi connectivity index (χ2n) is 8.32. The molecule has 0 unspecified atom stereocenters. The zero-order valence-electron chi connectivity index (χ0n) is 18.9. The number of carboxylic acids is 1. The first kappa shape index (κ1) is 21.2. The highest BCUT2D eigenvalue weighted by Crippen LogP contribution is 2.49. The van der Waals surface area contributed by atoms with Crippen molar-refractivity contribution < 1.29 is 33.6 Å². The first-order valence-electron chi connectivity index (χ1n) is 10.8. The molecule has 3 aromatic carbocycles. The third-order valence-corrected chi connectivity index (χ3v) is 6.90. The van der Waals surface area contributed by atoms with Crippen LogP contribution in [0, 0.1) is 0 Å². The minimum absolute atomic E-state index is 0.154. The van der Waals surface area contributed by atoms with E-state index in [2.05, 4.69) is 0 Å². The molecule has 0 aromatic heterocycles. The van der Waals surface area contributed by atoms with Gasteiger partial charge in [0.15, 0.2) is 23.0 Å². The second kappa shape index (κ2) is 7.72. The van der Waals surface area contributed by atoms with Crippen LogP contribution in [0.15, 0.2) is 24.3 Å². The highest BCUT2D eigenvalue weighted by molar-refractivity contribution is 6.22. The molecule has 0 bridgehead atoms. The molecule has 5 rings (SSSR count). The number of hydrogen-bond donors (Lipinski definition) is 1. The van der Waals surface area contributed by atoms with E-state index in [0.717, 1.165) is 17.2 Å². The number of carbonyl (C=O) groups is 2. The van der Waals surface area contributed by atoms with Crippen molar-refractivity contribution in [3.8, 4) is 23.0 Å². The first-order valence-corrected chi connectivity index (χ1v) is 10.8. The van der Waals surface area contributed by atoms with Gasteiger partial charge in [0.1, 0.15) is 5.92 Å². The van der Waals surface area contributed by atoms with Crippen LogP contribution in [-0.4, -0.2) is 62.9 Å². The van der Waals surface area contributed by atoms with E-state index in [9.17, 15) is 14.7 Å². The third kappa shape index (κ3) is 2.90. The van der Waals surface area contributed by atoms with E-state index in [-0.39, 0.29) is 11.9 Å². The Balaban J connectivity index is 2.02. The van der Waals surface area contributed by atoms with Crippen molar-refractivity contribution in [2.45, 2.75) is 24.8 Å². The van der Waals surface area contributed by atoms with Crippen LogP contribution in [0.1, 0.15) is 34.7 Å². The number of carboxylic acid groups (broad SMARTS) is 1. The molecule has 8 heteroatoms. The average molecular weight is 451 g/mol. The number of benzene rings is 3. The Morgan fingerprint density at radius 3 is 1.85 bits per heavy atom. The minimum Gasteiger partial charge on any atom is -0.493 e. The molecule has 1 saturated heterocycles. The van der Waals surface area contributed by atoms with E-state index in [1.54, 1.807) is 31.3 Å². The van der Waals surface area contributed by atoms with Gasteiger partial charge in [-0.25, -0.2) is 0 Å². The lowest BCUT2D eigenvalue weighted by molar-refractivity contribution is -0.140. The number of ether oxygens (including phenoxy) is 4. The summed E-state index contributed by atoms with van der Waals surface area (Å²) in [6.07, 6.45) is 1.43. The highest BCUT2D eigenvalue weighted by Gasteiger charge is 2.47. The van der Waals surface area contributed by atoms with Crippen LogP contribution in [0.5, 0.6) is 23.0 Å². The summed E-state index contributed by atoms with van der Waals surface area (Å²) in [5.41, 5.74) is 0.919. The van der Waals surface area contributed by atoms with Gasteiger partial charge in [-0.3, -0.25) is 9.59 Å². The van der Waals surface area contributed by atoms with Crippen LogP contribution in [0.4, 0.5) is 0 Å². The maximum Gasteiger partial charge on any atom is 0.313 e. The molecule has 2 heterocycles. The molecule has 2 aliphatic rings. The van der Waals surface area contributed by atoms with E-state index in [1.807, 2.05) is 12.1 Å². The molecule has 1 N–H and O–H groups in total. The van der Waals surface area contributed by atoms with Gasteiger partial charge in [0, 0.05) is 12.6 Å². The molecular formula is C25H25NO7. The van der Waals surface area contributed by atoms with E-state index in [0.29, 0.717) is 57.9 Å². The van der Waals surface area contributed by atoms with Gasteiger partial charge in [-0.1, -0.05) is 0 Å². The standard InChI is InChI=1S/C25H25NO7/c1-30-17-8-12-13-9-18(31-2)20(33-4)11-15(13)22-21(14(12)10-19(17)32-3)23(25(28)29)16-6-5-7-26(16)24(22)27/h8-11,16,23H,5-7H2,1-4H3,(H,28,29)/t16-,23-/m1/s1. The summed E-state index contributed by atoms with van der Waals surface area (Å²) in [4.78, 5) is 28.1. The van der Waals surface area contributed by atoms with Crippen molar-refractivity contribution in [1.29, 1.82) is 0 Å². The average Bonchev–Trinajstić information content (AvgIpc) is 3.32. The molecule has 2 aliphatic heterocycles. The summed E-state index contributed by atoms with van der Waals surface area (Å²) in [6, 6.07) is 6.80. The fourth-order valence-electron chi connectivity index (χ4n) is 5.48. The largest absolute Gasteiger partial charge is 0.493 e. The Hall–Kier alpha value is -3.68. The number of aliphatic carboxylic acids is 1. The summed E-state index contributed by atoms with van der Waals surface area (Å²) >= 11 is 0. The number of rotatable bonds is 5. The number of fused-ring (bicyclic) bond motifs is 7. The Labute approximate surface area is 190 Å². The van der Waals surface area contributed by atoms with Crippen molar-refractivity contribution in [2.24, 2.45) is 0 Å². The lowest BCUT2D eigenvalue weighted by atomic mass is 9.77. The van der Waals surface area contributed by atoms with Gasteiger partial charge in [-0.05, 0) is 64.2 Å². The molecule has 0 aliphatic carbocycles. The highest BCUT2D eigenvalue weighted by atomic mass is 16.5. The maximum atomic E-state index is 13.8. The molecule has 8 nitrogen and oxygen atoms in total. The zero-order valence-corrected chi connectivity index (χ0v) is 18.9. The lowest BCUT2D eigenvalue weighted by Gasteiger charge is -2.37. The predicted molar refractivity (Wildman–Crippen MR) is 122 cm³/mol. The fraction of sp³-hybridized carbons (Fsp3) is 0.360. The second-order valence-corrected chi connectivity index (χ2v) is 8.32. The fourth-order valence-corrected chi connectivity index (χ4v) is 5.48. The monoisotopic (exact) mass is 451 g/mol. The number of amides is 1. The number of hydrogen-bond acceptors (Lipinski definition) is 6. The topological polar surface area (TPSA) is 94.5 Å². The Morgan fingerprint density at radius 2 is 1.33 bits per heavy atom. The molecule has 3 aromatic rings. The maximum absolute atomic E-state index is 13.8. The van der Waals surface area contributed by atoms with Gasteiger partial charge in [-0.2, -0.15) is 0 Å². The van der Waals surface area contributed by atoms with Crippen LogP contribution in [-0.2, 0) is 4.79 Å². The van der Waals surface area contributed by atoms with E-state index in [1.165, 1.54) is 14.2 Å². The van der Waals surface area contributed by atoms with E-state index in [4.69, 9.17) is 18.9 Å².